The molecule has 6 nitrogen and oxygen atoms in total. The molecule has 2 aromatic heterocycles. The fraction of sp³-hybridized carbons (Fsp3) is 0.235. The number of anilines is 1. The number of benzene rings is 1. The van der Waals surface area contributed by atoms with Gasteiger partial charge in [0, 0.05) is 22.5 Å². The highest BCUT2D eigenvalue weighted by Gasteiger charge is 2.17. The Labute approximate surface area is 171 Å². The molecule has 1 N–H and O–H groups in total. The summed E-state index contributed by atoms with van der Waals surface area (Å²) in [5.74, 6) is -0.757. The summed E-state index contributed by atoms with van der Waals surface area (Å²) in [6.45, 7) is 1.39. The first-order valence-electron chi connectivity index (χ1n) is 8.02. The smallest absolute Gasteiger partial charge is 0.282 e. The van der Waals surface area contributed by atoms with E-state index in [-0.39, 0.29) is 29.5 Å². The van der Waals surface area contributed by atoms with Crippen LogP contribution in [0, 0.1) is 12.7 Å². The van der Waals surface area contributed by atoms with Gasteiger partial charge < -0.3 is 5.32 Å². The second-order valence-electron chi connectivity index (χ2n) is 5.94. The molecule has 0 unspecified atom stereocenters. The Bertz CT molecular complexity index is 1000. The SMILES string of the molecule is Cc1cc(C(F)F)nn1CC(=O)Nc1nn(Cc2c(F)cccc2Cl)cc1Br. The number of alkyl halides is 2. The molecule has 0 bridgehead atoms. The van der Waals surface area contributed by atoms with Gasteiger partial charge in [-0.2, -0.15) is 10.2 Å². The lowest BCUT2D eigenvalue weighted by Crippen LogP contribution is -2.21. The van der Waals surface area contributed by atoms with Crippen molar-refractivity contribution in [2.24, 2.45) is 0 Å². The molecule has 148 valence electrons. The van der Waals surface area contributed by atoms with Gasteiger partial charge in [-0.1, -0.05) is 17.7 Å². The Balaban J connectivity index is 1.70. The molecule has 2 heterocycles. The Morgan fingerprint density at radius 1 is 1.36 bits per heavy atom. The lowest BCUT2D eigenvalue weighted by Gasteiger charge is -2.06. The van der Waals surface area contributed by atoms with Crippen molar-refractivity contribution in [1.29, 1.82) is 0 Å². The molecule has 1 aromatic carbocycles. The van der Waals surface area contributed by atoms with Crippen molar-refractivity contribution in [3.05, 3.63) is 62.7 Å². The van der Waals surface area contributed by atoms with Gasteiger partial charge in [-0.15, -0.1) is 0 Å². The van der Waals surface area contributed by atoms with E-state index in [4.69, 9.17) is 11.6 Å². The van der Waals surface area contributed by atoms with Crippen LogP contribution in [0.4, 0.5) is 19.0 Å². The van der Waals surface area contributed by atoms with Crippen LogP contribution in [0.25, 0.3) is 0 Å². The number of nitrogens with zero attached hydrogens (tertiary/aromatic N) is 4. The Hall–Kier alpha value is -2.33. The van der Waals surface area contributed by atoms with Crippen molar-refractivity contribution < 1.29 is 18.0 Å². The van der Waals surface area contributed by atoms with Gasteiger partial charge in [0.05, 0.1) is 11.0 Å². The molecule has 0 spiro atoms. The molecular weight excluding hydrogens is 463 g/mol. The maximum Gasteiger partial charge on any atom is 0.282 e. The highest BCUT2D eigenvalue weighted by molar-refractivity contribution is 9.10. The van der Waals surface area contributed by atoms with E-state index in [9.17, 15) is 18.0 Å². The van der Waals surface area contributed by atoms with Crippen LogP contribution >= 0.6 is 27.5 Å². The third-order valence-corrected chi connectivity index (χ3v) is 4.81. The molecule has 0 aliphatic carbocycles. The zero-order valence-electron chi connectivity index (χ0n) is 14.5. The fourth-order valence-corrected chi connectivity index (χ4v) is 3.16. The summed E-state index contributed by atoms with van der Waals surface area (Å²) in [5, 5.41) is 10.7. The minimum Gasteiger partial charge on any atom is -0.307 e. The number of carbonyl (C=O) groups excluding carboxylic acids is 1. The van der Waals surface area contributed by atoms with Gasteiger partial charge >= 0.3 is 0 Å². The number of carbonyl (C=O) groups is 1. The molecule has 0 radical (unpaired) electrons. The van der Waals surface area contributed by atoms with Crippen molar-refractivity contribution in [3.8, 4) is 0 Å². The van der Waals surface area contributed by atoms with E-state index in [0.717, 1.165) is 0 Å². The first-order chi connectivity index (χ1) is 13.2. The van der Waals surface area contributed by atoms with Crippen LogP contribution in [0.1, 0.15) is 23.4 Å². The summed E-state index contributed by atoms with van der Waals surface area (Å²) in [6.07, 6.45) is -1.15. The van der Waals surface area contributed by atoms with Crippen LogP contribution in [0.5, 0.6) is 0 Å². The number of halogens is 5. The maximum atomic E-state index is 13.9. The van der Waals surface area contributed by atoms with Crippen molar-refractivity contribution in [2.45, 2.75) is 26.4 Å². The largest absolute Gasteiger partial charge is 0.307 e. The monoisotopic (exact) mass is 475 g/mol. The molecule has 0 aliphatic heterocycles. The number of hydrogen-bond donors (Lipinski definition) is 1. The van der Waals surface area contributed by atoms with E-state index < -0.39 is 23.8 Å². The van der Waals surface area contributed by atoms with E-state index in [1.165, 1.54) is 27.6 Å². The molecule has 3 aromatic rings. The van der Waals surface area contributed by atoms with Gasteiger partial charge in [0.2, 0.25) is 5.91 Å². The fourth-order valence-electron chi connectivity index (χ4n) is 2.52. The predicted molar refractivity (Wildman–Crippen MR) is 101 cm³/mol. The lowest BCUT2D eigenvalue weighted by atomic mass is 10.2. The average Bonchev–Trinajstić information content (AvgIpc) is 3.14. The minimum atomic E-state index is -2.71. The molecule has 0 aliphatic rings. The standard InChI is InChI=1S/C17H14BrClF3N5O/c1-9-5-14(16(21)22)24-27(9)8-15(28)23-17-11(18)7-26(25-17)6-10-12(19)3-2-4-13(10)20/h2-5,7,16H,6,8H2,1H3,(H,23,25,28). The van der Waals surface area contributed by atoms with E-state index in [2.05, 4.69) is 31.4 Å². The zero-order valence-corrected chi connectivity index (χ0v) is 16.8. The topological polar surface area (TPSA) is 64.7 Å². The first-order valence-corrected chi connectivity index (χ1v) is 9.20. The van der Waals surface area contributed by atoms with Crippen LogP contribution in [0.3, 0.4) is 0 Å². The average molecular weight is 477 g/mol. The normalized spacial score (nSPS) is 11.2. The summed E-state index contributed by atoms with van der Waals surface area (Å²) in [6, 6.07) is 5.59. The van der Waals surface area contributed by atoms with E-state index >= 15 is 0 Å². The van der Waals surface area contributed by atoms with Gasteiger partial charge in [0.25, 0.3) is 6.43 Å². The number of hydrogen-bond acceptors (Lipinski definition) is 3. The second kappa shape index (κ2) is 8.36. The summed E-state index contributed by atoms with van der Waals surface area (Å²) in [4.78, 5) is 12.2. The Kier molecular flexibility index (Phi) is 6.09. The number of nitrogens with one attached hydrogen (secondary N) is 1. The number of aryl methyl sites for hydroxylation is 1. The van der Waals surface area contributed by atoms with Gasteiger partial charge in [0.1, 0.15) is 18.1 Å². The van der Waals surface area contributed by atoms with Gasteiger partial charge in [-0.05, 0) is 41.1 Å². The van der Waals surface area contributed by atoms with E-state index in [0.29, 0.717) is 10.2 Å². The molecule has 0 atom stereocenters. The number of rotatable bonds is 6. The molecule has 28 heavy (non-hydrogen) atoms. The molecule has 0 saturated carbocycles. The highest BCUT2D eigenvalue weighted by atomic mass is 79.9. The summed E-state index contributed by atoms with van der Waals surface area (Å²) >= 11 is 9.29. The summed E-state index contributed by atoms with van der Waals surface area (Å²) < 4.78 is 42.4. The summed E-state index contributed by atoms with van der Waals surface area (Å²) in [5.41, 5.74) is 0.311. The quantitative estimate of drug-likeness (QED) is 0.567. The van der Waals surface area contributed by atoms with E-state index in [1.807, 2.05) is 0 Å². The molecule has 0 saturated heterocycles. The first kappa shape index (κ1) is 20.4. The van der Waals surface area contributed by atoms with Gasteiger partial charge in [-0.3, -0.25) is 14.2 Å². The predicted octanol–water partition coefficient (Wildman–Crippen LogP) is 4.57. The van der Waals surface area contributed by atoms with Crippen LogP contribution in [0.15, 0.2) is 34.9 Å². The molecule has 0 fully saturated rings. The third kappa shape index (κ3) is 4.56. The molecular formula is C17H14BrClF3N5O. The minimum absolute atomic E-state index is 0.0655. The number of aromatic nitrogens is 4. The van der Waals surface area contributed by atoms with Crippen LogP contribution < -0.4 is 5.32 Å². The van der Waals surface area contributed by atoms with Crippen molar-refractivity contribution >= 4 is 39.3 Å². The molecule has 1 amide bonds. The van der Waals surface area contributed by atoms with E-state index in [1.54, 1.807) is 19.2 Å². The Morgan fingerprint density at radius 2 is 2.11 bits per heavy atom. The Morgan fingerprint density at radius 3 is 2.75 bits per heavy atom. The highest BCUT2D eigenvalue weighted by Crippen LogP contribution is 2.24. The maximum absolute atomic E-state index is 13.9. The van der Waals surface area contributed by atoms with Crippen molar-refractivity contribution in [1.82, 2.24) is 19.6 Å². The van der Waals surface area contributed by atoms with Crippen LogP contribution in [0.2, 0.25) is 5.02 Å². The lowest BCUT2D eigenvalue weighted by molar-refractivity contribution is -0.117. The van der Waals surface area contributed by atoms with Crippen molar-refractivity contribution in [2.75, 3.05) is 5.32 Å². The van der Waals surface area contributed by atoms with Gasteiger partial charge in [-0.25, -0.2) is 13.2 Å². The third-order valence-electron chi connectivity index (χ3n) is 3.87. The molecule has 11 heteroatoms. The zero-order chi connectivity index (χ0) is 20.4. The van der Waals surface area contributed by atoms with Crippen molar-refractivity contribution in [3.63, 3.8) is 0 Å². The molecule has 3 rings (SSSR count). The number of amides is 1. The second-order valence-corrected chi connectivity index (χ2v) is 7.20. The summed E-state index contributed by atoms with van der Waals surface area (Å²) in [7, 11) is 0. The van der Waals surface area contributed by atoms with Gasteiger partial charge in [0.15, 0.2) is 5.82 Å². The van der Waals surface area contributed by atoms with Crippen LogP contribution in [-0.2, 0) is 17.9 Å². The van der Waals surface area contributed by atoms with Crippen LogP contribution in [-0.4, -0.2) is 25.5 Å².